The van der Waals surface area contributed by atoms with Gasteiger partial charge in [-0.05, 0) is 12.5 Å². The summed E-state index contributed by atoms with van der Waals surface area (Å²) in [5, 5.41) is 2.55. The molecule has 0 spiro atoms. The lowest BCUT2D eigenvalue weighted by atomic mass is 10.1. The SMILES string of the molecule is C=CC(=O)N[C@@H](CCCCCCCCCC)CS(=O)(=O)O. The molecule has 0 rings (SSSR count). The van der Waals surface area contributed by atoms with Gasteiger partial charge >= 0.3 is 0 Å². The molecule has 0 fully saturated rings. The number of nitrogens with one attached hydrogen (secondary N) is 1. The molecule has 124 valence electrons. The Balaban J connectivity index is 3.90. The number of hydrogen-bond donors (Lipinski definition) is 2. The Kier molecular flexibility index (Phi) is 11.3. The molecular weight excluding hydrogens is 290 g/mol. The van der Waals surface area contributed by atoms with Crippen LogP contribution in [-0.2, 0) is 14.9 Å². The van der Waals surface area contributed by atoms with Gasteiger partial charge in [-0.15, -0.1) is 0 Å². The van der Waals surface area contributed by atoms with Gasteiger partial charge in [0.1, 0.15) is 0 Å². The molecule has 0 aromatic carbocycles. The average Bonchev–Trinajstić information content (AvgIpc) is 2.39. The molecule has 1 atom stereocenters. The summed E-state index contributed by atoms with van der Waals surface area (Å²) in [6.45, 7) is 5.52. The number of carbonyl (C=O) groups excluding carboxylic acids is 1. The molecule has 0 bridgehead atoms. The lowest BCUT2D eigenvalue weighted by Gasteiger charge is -2.16. The van der Waals surface area contributed by atoms with Crippen molar-refractivity contribution in [3.63, 3.8) is 0 Å². The van der Waals surface area contributed by atoms with Gasteiger partial charge < -0.3 is 5.32 Å². The molecule has 0 aliphatic rings. The second kappa shape index (κ2) is 11.7. The van der Waals surface area contributed by atoms with Gasteiger partial charge in [-0.25, -0.2) is 0 Å². The van der Waals surface area contributed by atoms with Crippen molar-refractivity contribution in [3.8, 4) is 0 Å². The smallest absolute Gasteiger partial charge is 0.266 e. The first-order valence-corrected chi connectivity index (χ1v) is 9.38. The maximum absolute atomic E-state index is 11.2. The van der Waals surface area contributed by atoms with Crippen LogP contribution in [0.5, 0.6) is 0 Å². The van der Waals surface area contributed by atoms with Gasteiger partial charge in [0.05, 0.1) is 5.75 Å². The van der Waals surface area contributed by atoms with Gasteiger partial charge in [0.25, 0.3) is 10.1 Å². The van der Waals surface area contributed by atoms with Crippen molar-refractivity contribution in [2.24, 2.45) is 0 Å². The van der Waals surface area contributed by atoms with Crippen molar-refractivity contribution in [2.75, 3.05) is 5.75 Å². The van der Waals surface area contributed by atoms with E-state index < -0.39 is 27.8 Å². The largest absolute Gasteiger partial charge is 0.349 e. The minimum Gasteiger partial charge on any atom is -0.349 e. The van der Waals surface area contributed by atoms with Crippen molar-refractivity contribution < 1.29 is 17.8 Å². The topological polar surface area (TPSA) is 83.5 Å². The number of amides is 1. The van der Waals surface area contributed by atoms with E-state index in [1.165, 1.54) is 32.1 Å². The van der Waals surface area contributed by atoms with E-state index >= 15 is 0 Å². The highest BCUT2D eigenvalue weighted by Crippen LogP contribution is 2.11. The zero-order chi connectivity index (χ0) is 16.1. The van der Waals surface area contributed by atoms with Crippen LogP contribution in [0.4, 0.5) is 0 Å². The quantitative estimate of drug-likeness (QED) is 0.310. The summed E-state index contributed by atoms with van der Waals surface area (Å²) in [5.41, 5.74) is 0. The first-order chi connectivity index (χ1) is 9.89. The van der Waals surface area contributed by atoms with E-state index in [1.807, 2.05) is 0 Å². The van der Waals surface area contributed by atoms with E-state index in [-0.39, 0.29) is 0 Å². The molecule has 1 amide bonds. The Morgan fingerprint density at radius 2 is 1.67 bits per heavy atom. The van der Waals surface area contributed by atoms with Crippen LogP contribution in [0.15, 0.2) is 12.7 Å². The van der Waals surface area contributed by atoms with Crippen LogP contribution in [-0.4, -0.2) is 30.7 Å². The summed E-state index contributed by atoms with van der Waals surface area (Å²) in [7, 11) is -4.08. The van der Waals surface area contributed by atoms with Gasteiger partial charge in [0.2, 0.25) is 5.91 Å². The third kappa shape index (κ3) is 13.8. The number of rotatable bonds is 13. The Morgan fingerprint density at radius 1 is 1.14 bits per heavy atom. The molecule has 0 aromatic heterocycles. The standard InChI is InChI=1S/C15H29NO4S/c1-3-5-6-7-8-9-10-11-12-14(13-21(18,19)20)16-15(17)4-2/h4,14H,2-3,5-13H2,1H3,(H,16,17)(H,18,19,20)/t14-/m0/s1. The highest BCUT2D eigenvalue weighted by atomic mass is 32.2. The zero-order valence-electron chi connectivity index (χ0n) is 13.0. The molecule has 6 heteroatoms. The van der Waals surface area contributed by atoms with E-state index in [1.54, 1.807) is 0 Å². The van der Waals surface area contributed by atoms with Crippen molar-refractivity contribution in [2.45, 2.75) is 70.8 Å². The molecule has 5 nitrogen and oxygen atoms in total. The lowest BCUT2D eigenvalue weighted by molar-refractivity contribution is -0.117. The fourth-order valence-corrected chi connectivity index (χ4v) is 2.99. The maximum atomic E-state index is 11.2. The van der Waals surface area contributed by atoms with Crippen LogP contribution in [0.3, 0.4) is 0 Å². The molecule has 21 heavy (non-hydrogen) atoms. The van der Waals surface area contributed by atoms with E-state index in [2.05, 4.69) is 18.8 Å². The Bertz CT molecular complexity index is 392. The summed E-state index contributed by atoms with van der Waals surface area (Å²) in [4.78, 5) is 11.2. The van der Waals surface area contributed by atoms with Gasteiger partial charge in [-0.3, -0.25) is 9.35 Å². The third-order valence-electron chi connectivity index (χ3n) is 3.35. The summed E-state index contributed by atoms with van der Waals surface area (Å²) in [5.74, 6) is -0.855. The molecule has 0 saturated carbocycles. The van der Waals surface area contributed by atoms with Crippen LogP contribution in [0.1, 0.15) is 64.7 Å². The first-order valence-electron chi connectivity index (χ1n) is 7.77. The monoisotopic (exact) mass is 319 g/mol. The molecule has 0 unspecified atom stereocenters. The highest BCUT2D eigenvalue weighted by molar-refractivity contribution is 7.85. The van der Waals surface area contributed by atoms with E-state index in [9.17, 15) is 13.2 Å². The first kappa shape index (κ1) is 20.1. The molecule has 0 aliphatic heterocycles. The van der Waals surface area contributed by atoms with E-state index in [0.29, 0.717) is 6.42 Å². The second-order valence-corrected chi connectivity index (χ2v) is 6.92. The van der Waals surface area contributed by atoms with Gasteiger partial charge in [-0.1, -0.05) is 64.9 Å². The third-order valence-corrected chi connectivity index (χ3v) is 4.17. The van der Waals surface area contributed by atoms with Crippen molar-refractivity contribution in [1.29, 1.82) is 0 Å². The fraction of sp³-hybridized carbons (Fsp3) is 0.800. The highest BCUT2D eigenvalue weighted by Gasteiger charge is 2.17. The molecule has 0 aliphatic carbocycles. The van der Waals surface area contributed by atoms with Crippen LogP contribution in [0.25, 0.3) is 0 Å². The van der Waals surface area contributed by atoms with Crippen LogP contribution in [0, 0.1) is 0 Å². The fourth-order valence-electron chi connectivity index (χ4n) is 2.24. The molecule has 0 saturated heterocycles. The van der Waals surface area contributed by atoms with Gasteiger partial charge in [0, 0.05) is 6.04 Å². The summed E-state index contributed by atoms with van der Waals surface area (Å²) >= 11 is 0. The summed E-state index contributed by atoms with van der Waals surface area (Å²) < 4.78 is 30.7. The number of carbonyl (C=O) groups is 1. The van der Waals surface area contributed by atoms with Crippen LogP contribution in [0.2, 0.25) is 0 Å². The normalized spacial score (nSPS) is 12.9. The van der Waals surface area contributed by atoms with Crippen LogP contribution < -0.4 is 5.32 Å². The van der Waals surface area contributed by atoms with Crippen molar-refractivity contribution >= 4 is 16.0 Å². The van der Waals surface area contributed by atoms with E-state index in [0.717, 1.165) is 25.3 Å². The molecule has 0 radical (unpaired) electrons. The Morgan fingerprint density at radius 3 is 2.14 bits per heavy atom. The predicted molar refractivity (Wildman–Crippen MR) is 85.8 cm³/mol. The Hall–Kier alpha value is -0.880. The maximum Gasteiger partial charge on any atom is 0.266 e. The summed E-state index contributed by atoms with van der Waals surface area (Å²) in [6.07, 6.45) is 10.9. The molecular formula is C15H29NO4S. The molecule has 0 aromatic rings. The number of hydrogen-bond acceptors (Lipinski definition) is 3. The zero-order valence-corrected chi connectivity index (χ0v) is 13.8. The Labute approximate surface area is 128 Å². The summed E-state index contributed by atoms with van der Waals surface area (Å²) in [6, 6.07) is -0.550. The molecule has 2 N–H and O–H groups in total. The minimum atomic E-state index is -4.08. The van der Waals surface area contributed by atoms with Gasteiger partial charge in [0.15, 0.2) is 0 Å². The molecule has 0 heterocycles. The average molecular weight is 319 g/mol. The van der Waals surface area contributed by atoms with Crippen LogP contribution >= 0.6 is 0 Å². The second-order valence-electron chi connectivity index (χ2n) is 5.42. The predicted octanol–water partition coefficient (Wildman–Crippen LogP) is 3.08. The number of unbranched alkanes of at least 4 members (excludes halogenated alkanes) is 7. The van der Waals surface area contributed by atoms with Crippen molar-refractivity contribution in [1.82, 2.24) is 5.32 Å². The van der Waals surface area contributed by atoms with Crippen molar-refractivity contribution in [3.05, 3.63) is 12.7 Å². The minimum absolute atomic E-state index is 0.414. The lowest BCUT2D eigenvalue weighted by Crippen LogP contribution is -2.38. The van der Waals surface area contributed by atoms with Gasteiger partial charge in [-0.2, -0.15) is 8.42 Å². The van der Waals surface area contributed by atoms with E-state index in [4.69, 9.17) is 4.55 Å².